The summed E-state index contributed by atoms with van der Waals surface area (Å²) in [7, 11) is 0. The Morgan fingerprint density at radius 3 is 2.46 bits per heavy atom. The van der Waals surface area contributed by atoms with E-state index < -0.39 is 5.97 Å². The second-order valence-electron chi connectivity index (χ2n) is 8.17. The van der Waals surface area contributed by atoms with Crippen LogP contribution in [0.1, 0.15) is 22.3 Å². The predicted octanol–water partition coefficient (Wildman–Crippen LogP) is 5.75. The maximum atomic E-state index is 12.3. The number of benzene rings is 3. The van der Waals surface area contributed by atoms with E-state index in [1.807, 2.05) is 72.1 Å². The van der Waals surface area contributed by atoms with Gasteiger partial charge in [0.15, 0.2) is 5.13 Å². The molecule has 1 heterocycles. The number of hydrogen-bond acceptors (Lipinski definition) is 6. The predicted molar refractivity (Wildman–Crippen MR) is 147 cm³/mol. The van der Waals surface area contributed by atoms with Gasteiger partial charge in [0.1, 0.15) is 12.4 Å². The van der Waals surface area contributed by atoms with E-state index in [0.717, 1.165) is 27.7 Å². The number of carboxylic acid groups (broad SMARTS) is 1. The topological polar surface area (TPSA) is 91.8 Å². The average Bonchev–Trinajstić information content (AvgIpc) is 3.39. The smallest absolute Gasteiger partial charge is 0.305 e. The Labute approximate surface area is 224 Å². The molecule has 1 aromatic heterocycles. The van der Waals surface area contributed by atoms with Gasteiger partial charge in [-0.25, -0.2) is 4.98 Å². The minimum Gasteiger partial charge on any atom is -0.492 e. The molecule has 0 aliphatic carbocycles. The first kappa shape index (κ1) is 26.2. The van der Waals surface area contributed by atoms with Crippen LogP contribution >= 0.6 is 22.9 Å². The lowest BCUT2D eigenvalue weighted by Crippen LogP contribution is -2.28. The Morgan fingerprint density at radius 2 is 1.73 bits per heavy atom. The van der Waals surface area contributed by atoms with Crippen LogP contribution in [0.5, 0.6) is 5.75 Å². The number of carbonyl (C=O) groups excluding carboxylic acids is 1. The minimum absolute atomic E-state index is 0.0862. The Kier molecular flexibility index (Phi) is 9.13. The van der Waals surface area contributed by atoms with E-state index in [0.29, 0.717) is 30.3 Å². The van der Waals surface area contributed by atoms with Crippen LogP contribution in [0.4, 0.5) is 5.13 Å². The van der Waals surface area contributed by atoms with Crippen LogP contribution < -0.4 is 15.0 Å². The molecular formula is C28H26ClN3O4S. The summed E-state index contributed by atoms with van der Waals surface area (Å²) in [5.41, 5.74) is 3.16. The van der Waals surface area contributed by atoms with Crippen molar-refractivity contribution >= 4 is 39.9 Å². The molecule has 0 saturated heterocycles. The Hall–Kier alpha value is -3.88. The number of rotatable bonds is 12. The largest absolute Gasteiger partial charge is 0.492 e. The number of carboxylic acids is 1. The van der Waals surface area contributed by atoms with Crippen molar-refractivity contribution in [3.05, 3.63) is 100 Å². The summed E-state index contributed by atoms with van der Waals surface area (Å²) in [6.07, 6.45) is -0.117. The van der Waals surface area contributed by atoms with E-state index in [1.54, 1.807) is 12.1 Å². The van der Waals surface area contributed by atoms with Gasteiger partial charge in [-0.15, -0.1) is 11.3 Å². The number of ether oxygens (including phenoxy) is 1. The molecule has 0 atom stereocenters. The SMILES string of the molecule is O=C(O)CCNC(=O)c1ccc(CN(CCOc2ccccc2)c2nc(-c3ccccc3Cl)cs2)cc1. The van der Waals surface area contributed by atoms with Gasteiger partial charge in [0.2, 0.25) is 0 Å². The van der Waals surface area contributed by atoms with Crippen molar-refractivity contribution in [2.75, 3.05) is 24.6 Å². The monoisotopic (exact) mass is 535 g/mol. The first-order valence-corrected chi connectivity index (χ1v) is 13.0. The van der Waals surface area contributed by atoms with Crippen LogP contribution in [0.25, 0.3) is 11.3 Å². The Bertz CT molecular complexity index is 1330. The van der Waals surface area contributed by atoms with Crippen molar-refractivity contribution in [2.24, 2.45) is 0 Å². The molecule has 0 saturated carbocycles. The molecule has 2 N–H and O–H groups in total. The normalized spacial score (nSPS) is 10.6. The molecule has 7 nitrogen and oxygen atoms in total. The van der Waals surface area contributed by atoms with Crippen LogP contribution in [0.15, 0.2) is 84.2 Å². The number of carbonyl (C=O) groups is 2. The summed E-state index contributed by atoms with van der Waals surface area (Å²) < 4.78 is 5.93. The lowest BCUT2D eigenvalue weighted by atomic mass is 10.1. The highest BCUT2D eigenvalue weighted by Crippen LogP contribution is 2.32. The third kappa shape index (κ3) is 7.55. The van der Waals surface area contributed by atoms with Gasteiger partial charge in [-0.05, 0) is 35.9 Å². The quantitative estimate of drug-likeness (QED) is 0.240. The van der Waals surface area contributed by atoms with Gasteiger partial charge in [0.05, 0.1) is 18.7 Å². The lowest BCUT2D eigenvalue weighted by molar-refractivity contribution is -0.136. The van der Waals surface area contributed by atoms with E-state index in [1.165, 1.54) is 11.3 Å². The van der Waals surface area contributed by atoms with E-state index in [9.17, 15) is 9.59 Å². The number of para-hydroxylation sites is 1. The number of aliphatic carboxylic acids is 1. The molecular weight excluding hydrogens is 510 g/mol. The number of nitrogens with zero attached hydrogens (tertiary/aromatic N) is 2. The van der Waals surface area contributed by atoms with Crippen LogP contribution in [-0.2, 0) is 11.3 Å². The second kappa shape index (κ2) is 12.9. The Morgan fingerprint density at radius 1 is 1.00 bits per heavy atom. The van der Waals surface area contributed by atoms with Gasteiger partial charge in [-0.2, -0.15) is 0 Å². The minimum atomic E-state index is -0.952. The van der Waals surface area contributed by atoms with Crippen molar-refractivity contribution in [3.63, 3.8) is 0 Å². The van der Waals surface area contributed by atoms with E-state index in [4.69, 9.17) is 26.4 Å². The number of anilines is 1. The van der Waals surface area contributed by atoms with Gasteiger partial charge in [-0.3, -0.25) is 9.59 Å². The Balaban J connectivity index is 1.47. The molecule has 0 unspecified atom stereocenters. The molecule has 0 aliphatic heterocycles. The fourth-order valence-corrected chi connectivity index (χ4v) is 4.69. The molecule has 9 heteroatoms. The molecule has 190 valence electrons. The van der Waals surface area contributed by atoms with E-state index in [-0.39, 0.29) is 18.9 Å². The fourth-order valence-electron chi connectivity index (χ4n) is 3.60. The summed E-state index contributed by atoms with van der Waals surface area (Å²) in [5.74, 6) is -0.450. The van der Waals surface area contributed by atoms with Crippen LogP contribution in [0, 0.1) is 0 Å². The maximum absolute atomic E-state index is 12.3. The first-order chi connectivity index (χ1) is 18.0. The molecule has 0 spiro atoms. The molecule has 0 fully saturated rings. The van der Waals surface area contributed by atoms with Crippen molar-refractivity contribution in [3.8, 4) is 17.0 Å². The number of nitrogens with one attached hydrogen (secondary N) is 1. The molecule has 0 aliphatic rings. The summed E-state index contributed by atoms with van der Waals surface area (Å²) in [6, 6.07) is 24.5. The standard InChI is InChI=1S/C28H26ClN3O4S/c29-24-9-5-4-8-23(24)25-19-37-28(31-25)32(16-17-36-22-6-2-1-3-7-22)18-20-10-12-21(13-11-20)27(35)30-15-14-26(33)34/h1-13,19H,14-18H2,(H,30,35)(H,33,34). The zero-order valence-electron chi connectivity index (χ0n) is 20.0. The van der Waals surface area contributed by atoms with Crippen LogP contribution in [0.2, 0.25) is 5.02 Å². The number of thiazole rings is 1. The summed E-state index contributed by atoms with van der Waals surface area (Å²) in [6.45, 7) is 1.72. The van der Waals surface area contributed by atoms with Crippen molar-refractivity contribution < 1.29 is 19.4 Å². The molecule has 4 aromatic rings. The zero-order valence-corrected chi connectivity index (χ0v) is 21.5. The molecule has 37 heavy (non-hydrogen) atoms. The highest BCUT2D eigenvalue weighted by molar-refractivity contribution is 7.14. The molecule has 4 rings (SSSR count). The molecule has 0 bridgehead atoms. The molecule has 1 amide bonds. The van der Waals surface area contributed by atoms with Crippen molar-refractivity contribution in [1.82, 2.24) is 10.3 Å². The number of halogens is 1. The average molecular weight is 536 g/mol. The van der Waals surface area contributed by atoms with Gasteiger partial charge in [0, 0.05) is 34.6 Å². The summed E-state index contributed by atoms with van der Waals surface area (Å²) in [4.78, 5) is 29.9. The zero-order chi connectivity index (χ0) is 26.0. The maximum Gasteiger partial charge on any atom is 0.305 e. The van der Waals surface area contributed by atoms with Crippen LogP contribution in [-0.4, -0.2) is 41.7 Å². The molecule has 3 aromatic carbocycles. The van der Waals surface area contributed by atoms with E-state index in [2.05, 4.69) is 10.2 Å². The van der Waals surface area contributed by atoms with E-state index >= 15 is 0 Å². The van der Waals surface area contributed by atoms with Gasteiger partial charge < -0.3 is 20.1 Å². The van der Waals surface area contributed by atoms with Gasteiger partial charge in [0.25, 0.3) is 5.91 Å². The number of aromatic nitrogens is 1. The highest BCUT2D eigenvalue weighted by Gasteiger charge is 2.15. The summed E-state index contributed by atoms with van der Waals surface area (Å²) >= 11 is 7.92. The van der Waals surface area contributed by atoms with Gasteiger partial charge in [-0.1, -0.05) is 60.1 Å². The van der Waals surface area contributed by atoms with Crippen LogP contribution in [0.3, 0.4) is 0 Å². The van der Waals surface area contributed by atoms with Crippen molar-refractivity contribution in [2.45, 2.75) is 13.0 Å². The highest BCUT2D eigenvalue weighted by atomic mass is 35.5. The number of hydrogen-bond donors (Lipinski definition) is 2. The first-order valence-electron chi connectivity index (χ1n) is 11.7. The van der Waals surface area contributed by atoms with Gasteiger partial charge >= 0.3 is 5.97 Å². The number of amides is 1. The molecule has 0 radical (unpaired) electrons. The van der Waals surface area contributed by atoms with Crippen molar-refractivity contribution in [1.29, 1.82) is 0 Å². The summed E-state index contributed by atoms with van der Waals surface area (Å²) in [5, 5.41) is 14.8. The lowest BCUT2D eigenvalue weighted by Gasteiger charge is -2.22. The third-order valence-corrected chi connectivity index (χ3v) is 6.73. The fraction of sp³-hybridized carbons (Fsp3) is 0.179. The second-order valence-corrected chi connectivity index (χ2v) is 9.42. The third-order valence-electron chi connectivity index (χ3n) is 5.50.